The topological polar surface area (TPSA) is 36.0 Å². The largest absolute Gasteiger partial charge is 0.495 e. The molecule has 0 aliphatic carbocycles. The van der Waals surface area contributed by atoms with Crippen molar-refractivity contribution in [1.82, 2.24) is 4.90 Å². The first-order chi connectivity index (χ1) is 14.8. The number of anilines is 2. The Morgan fingerprint density at radius 2 is 1.90 bits per heavy atom. The first kappa shape index (κ1) is 21.9. The molecule has 31 heavy (non-hydrogen) atoms. The lowest BCUT2D eigenvalue weighted by atomic mass is 10.1. The first-order valence-corrected chi connectivity index (χ1v) is 11.1. The number of fused-ring (bicyclic) bond motifs is 1. The standard InChI is InChI=1S/C24H29ClFN3O2/c1-15-13-28(14-16(2)27(15)3)21-12-20-17(10-22(21)31-4)8-9-29(20)23(30)11-18-6-5-7-19(26)24(18)25/h5-7,10,12,15-16H,8-9,11,13-14H2,1-4H3. The number of rotatable bonds is 4. The fraction of sp³-hybridized carbons (Fsp3) is 0.458. The van der Waals surface area contributed by atoms with E-state index in [1.54, 1.807) is 24.1 Å². The molecule has 2 aromatic rings. The molecule has 2 aliphatic heterocycles. The van der Waals surface area contributed by atoms with Crippen LogP contribution in [0.15, 0.2) is 30.3 Å². The molecule has 1 amide bonds. The van der Waals surface area contributed by atoms with Crippen molar-refractivity contribution in [2.75, 3.05) is 43.6 Å². The number of amides is 1. The molecule has 0 radical (unpaired) electrons. The number of hydrogen-bond acceptors (Lipinski definition) is 4. The molecule has 2 heterocycles. The smallest absolute Gasteiger partial charge is 0.231 e. The Morgan fingerprint density at radius 1 is 1.19 bits per heavy atom. The fourth-order valence-electron chi connectivity index (χ4n) is 4.62. The molecule has 1 saturated heterocycles. The SMILES string of the molecule is COc1cc2c(cc1N1CC(C)N(C)C(C)C1)N(C(=O)Cc1cccc(F)c1Cl)CC2. The molecule has 2 unspecified atom stereocenters. The van der Waals surface area contributed by atoms with Crippen LogP contribution in [-0.2, 0) is 17.6 Å². The third-order valence-corrected chi connectivity index (χ3v) is 7.07. The van der Waals surface area contributed by atoms with Crippen molar-refractivity contribution in [3.8, 4) is 5.75 Å². The van der Waals surface area contributed by atoms with Gasteiger partial charge in [-0.3, -0.25) is 9.69 Å². The van der Waals surface area contributed by atoms with E-state index in [-0.39, 0.29) is 17.4 Å². The van der Waals surface area contributed by atoms with Gasteiger partial charge in [-0.05, 0) is 56.6 Å². The molecule has 2 aliphatic rings. The van der Waals surface area contributed by atoms with Gasteiger partial charge in [-0.1, -0.05) is 23.7 Å². The maximum atomic E-state index is 13.8. The summed E-state index contributed by atoms with van der Waals surface area (Å²) in [5.41, 5.74) is 3.52. The number of likely N-dealkylation sites (N-methyl/N-ethyl adjacent to an activating group) is 1. The number of hydrogen-bond donors (Lipinski definition) is 0. The van der Waals surface area contributed by atoms with E-state index in [2.05, 4.69) is 42.8 Å². The van der Waals surface area contributed by atoms with Crippen molar-refractivity contribution in [1.29, 1.82) is 0 Å². The lowest BCUT2D eigenvalue weighted by Gasteiger charge is -2.44. The van der Waals surface area contributed by atoms with Crippen molar-refractivity contribution in [2.24, 2.45) is 0 Å². The predicted octanol–water partition coefficient (Wildman–Crippen LogP) is 4.15. The van der Waals surface area contributed by atoms with E-state index in [4.69, 9.17) is 16.3 Å². The molecular weight excluding hydrogens is 417 g/mol. The Bertz CT molecular complexity index is 987. The Balaban J connectivity index is 1.63. The van der Waals surface area contributed by atoms with Crippen LogP contribution in [0, 0.1) is 5.82 Å². The van der Waals surface area contributed by atoms with Gasteiger partial charge in [-0.15, -0.1) is 0 Å². The van der Waals surface area contributed by atoms with E-state index < -0.39 is 5.82 Å². The van der Waals surface area contributed by atoms with Crippen LogP contribution in [0.3, 0.4) is 0 Å². The van der Waals surface area contributed by atoms with Gasteiger partial charge >= 0.3 is 0 Å². The minimum atomic E-state index is -0.501. The Kier molecular flexibility index (Phi) is 6.13. The van der Waals surface area contributed by atoms with E-state index in [9.17, 15) is 9.18 Å². The number of ether oxygens (including phenoxy) is 1. The van der Waals surface area contributed by atoms with Crippen molar-refractivity contribution in [2.45, 2.75) is 38.8 Å². The quantitative estimate of drug-likeness (QED) is 0.708. The minimum Gasteiger partial charge on any atom is -0.495 e. The normalized spacial score (nSPS) is 21.4. The highest BCUT2D eigenvalue weighted by Crippen LogP contribution is 2.40. The number of halogens is 2. The van der Waals surface area contributed by atoms with Crippen LogP contribution < -0.4 is 14.5 Å². The molecule has 0 N–H and O–H groups in total. The van der Waals surface area contributed by atoms with Crippen LogP contribution in [0.2, 0.25) is 5.02 Å². The Hall–Kier alpha value is -2.31. The summed E-state index contributed by atoms with van der Waals surface area (Å²) in [6.45, 7) is 6.83. The maximum absolute atomic E-state index is 13.8. The minimum absolute atomic E-state index is 0.0195. The van der Waals surface area contributed by atoms with Crippen molar-refractivity contribution in [3.63, 3.8) is 0 Å². The molecular formula is C24H29ClFN3O2. The molecule has 166 valence electrons. The molecule has 4 rings (SSSR count). The summed E-state index contributed by atoms with van der Waals surface area (Å²) in [4.78, 5) is 19.6. The van der Waals surface area contributed by atoms with E-state index in [0.717, 1.165) is 42.2 Å². The molecule has 0 spiro atoms. The number of nitrogens with zero attached hydrogens (tertiary/aromatic N) is 3. The van der Waals surface area contributed by atoms with Crippen LogP contribution >= 0.6 is 11.6 Å². The van der Waals surface area contributed by atoms with E-state index in [1.165, 1.54) is 6.07 Å². The number of methoxy groups -OCH3 is 1. The highest BCUT2D eigenvalue weighted by atomic mass is 35.5. The molecule has 2 aromatic carbocycles. The van der Waals surface area contributed by atoms with Crippen molar-refractivity contribution >= 4 is 28.9 Å². The Labute approximate surface area is 188 Å². The number of carbonyl (C=O) groups is 1. The van der Waals surface area contributed by atoms with Gasteiger partial charge in [0, 0.05) is 37.4 Å². The van der Waals surface area contributed by atoms with E-state index in [1.807, 2.05) is 0 Å². The van der Waals surface area contributed by atoms with Gasteiger partial charge in [0.15, 0.2) is 0 Å². The zero-order valence-corrected chi connectivity index (χ0v) is 19.2. The summed E-state index contributed by atoms with van der Waals surface area (Å²) in [7, 11) is 3.85. The lowest BCUT2D eigenvalue weighted by Crippen LogP contribution is -2.55. The summed E-state index contributed by atoms with van der Waals surface area (Å²) in [5, 5.41) is 0.0195. The first-order valence-electron chi connectivity index (χ1n) is 10.7. The van der Waals surface area contributed by atoms with Crippen LogP contribution in [0.1, 0.15) is 25.0 Å². The van der Waals surface area contributed by atoms with Crippen LogP contribution in [0.4, 0.5) is 15.8 Å². The molecule has 1 fully saturated rings. The Morgan fingerprint density at radius 3 is 2.58 bits per heavy atom. The van der Waals surface area contributed by atoms with E-state index >= 15 is 0 Å². The molecule has 5 nitrogen and oxygen atoms in total. The third-order valence-electron chi connectivity index (χ3n) is 6.65. The molecule has 0 aromatic heterocycles. The monoisotopic (exact) mass is 445 g/mol. The summed E-state index contributed by atoms with van der Waals surface area (Å²) in [5.74, 6) is 0.256. The van der Waals surface area contributed by atoms with E-state index in [0.29, 0.717) is 24.2 Å². The van der Waals surface area contributed by atoms with Gasteiger partial charge in [-0.2, -0.15) is 0 Å². The maximum Gasteiger partial charge on any atom is 0.231 e. The van der Waals surface area contributed by atoms with Gasteiger partial charge in [0.2, 0.25) is 5.91 Å². The van der Waals surface area contributed by atoms with Crippen LogP contribution in [-0.4, -0.2) is 56.7 Å². The average Bonchev–Trinajstić information content (AvgIpc) is 3.17. The number of benzene rings is 2. The average molecular weight is 446 g/mol. The molecule has 2 atom stereocenters. The highest BCUT2D eigenvalue weighted by Gasteiger charge is 2.32. The molecule has 0 bridgehead atoms. The highest BCUT2D eigenvalue weighted by molar-refractivity contribution is 6.31. The zero-order valence-electron chi connectivity index (χ0n) is 18.5. The molecule has 0 saturated carbocycles. The van der Waals surface area contributed by atoms with Crippen molar-refractivity contribution in [3.05, 3.63) is 52.3 Å². The number of piperazine rings is 1. The summed E-state index contributed by atoms with van der Waals surface area (Å²) < 4.78 is 19.5. The van der Waals surface area contributed by atoms with Gasteiger partial charge in [0.25, 0.3) is 0 Å². The van der Waals surface area contributed by atoms with Gasteiger partial charge in [-0.25, -0.2) is 4.39 Å². The van der Waals surface area contributed by atoms with Gasteiger partial charge in [0.1, 0.15) is 11.6 Å². The number of carbonyl (C=O) groups excluding carboxylic acids is 1. The summed E-state index contributed by atoms with van der Waals surface area (Å²) >= 11 is 6.08. The second-order valence-electron chi connectivity index (χ2n) is 8.61. The second kappa shape index (κ2) is 8.67. The summed E-state index contributed by atoms with van der Waals surface area (Å²) in [6.07, 6.45) is 0.837. The van der Waals surface area contributed by atoms with Crippen LogP contribution in [0.5, 0.6) is 5.75 Å². The van der Waals surface area contributed by atoms with Crippen LogP contribution in [0.25, 0.3) is 0 Å². The predicted molar refractivity (Wildman–Crippen MR) is 123 cm³/mol. The fourth-order valence-corrected chi connectivity index (χ4v) is 4.81. The van der Waals surface area contributed by atoms with Gasteiger partial charge in [0.05, 0.1) is 24.2 Å². The third kappa shape index (κ3) is 4.11. The summed E-state index contributed by atoms with van der Waals surface area (Å²) in [6, 6.07) is 9.55. The van der Waals surface area contributed by atoms with Gasteiger partial charge < -0.3 is 14.5 Å². The second-order valence-corrected chi connectivity index (χ2v) is 8.98. The lowest BCUT2D eigenvalue weighted by molar-refractivity contribution is -0.117. The zero-order chi connectivity index (χ0) is 22.3. The van der Waals surface area contributed by atoms with Crippen molar-refractivity contribution < 1.29 is 13.9 Å². The molecule has 7 heteroatoms.